The number of pyridine rings is 1. The van der Waals surface area contributed by atoms with E-state index in [2.05, 4.69) is 26.2 Å². The molecule has 1 rings (SSSR count). The van der Waals surface area contributed by atoms with Gasteiger partial charge in [0.25, 0.3) is 5.91 Å². The molecule has 0 saturated heterocycles. The van der Waals surface area contributed by atoms with Crippen molar-refractivity contribution in [1.82, 2.24) is 10.3 Å². The van der Waals surface area contributed by atoms with E-state index in [1.807, 2.05) is 0 Å². The van der Waals surface area contributed by atoms with Gasteiger partial charge in [-0.3, -0.25) is 9.59 Å². The van der Waals surface area contributed by atoms with Gasteiger partial charge in [-0.2, -0.15) is 0 Å². The van der Waals surface area contributed by atoms with Crippen LogP contribution in [0.15, 0.2) is 16.7 Å². The van der Waals surface area contributed by atoms with Gasteiger partial charge < -0.3 is 21.5 Å². The number of amides is 2. The van der Waals surface area contributed by atoms with E-state index in [0.717, 1.165) is 0 Å². The molecule has 1 aromatic rings. The fourth-order valence-electron chi connectivity index (χ4n) is 1.14. The molecule has 0 spiro atoms. The number of nitrogens with zero attached hydrogens (tertiary/aromatic N) is 1. The molecule has 0 unspecified atom stereocenters. The summed E-state index contributed by atoms with van der Waals surface area (Å²) in [5, 5.41) is 2.58. The number of anilines is 1. The molecule has 1 aromatic heterocycles. The van der Waals surface area contributed by atoms with Gasteiger partial charge in [0.05, 0.1) is 12.2 Å². The molecule has 5 N–H and O–H groups in total. The molecule has 0 saturated carbocycles. The third-order valence-corrected chi connectivity index (χ3v) is 2.34. The molecule has 0 fully saturated rings. The number of hydrogen-bond donors (Lipinski definition) is 3. The van der Waals surface area contributed by atoms with Gasteiger partial charge in [-0.05, 0) is 22.0 Å². The molecule has 0 bridgehead atoms. The van der Waals surface area contributed by atoms with Crippen LogP contribution in [0.2, 0.25) is 0 Å². The maximum atomic E-state index is 11.7. The Balaban J connectivity index is 2.41. The molecule has 0 aliphatic carbocycles. The van der Waals surface area contributed by atoms with Crippen molar-refractivity contribution in [1.29, 1.82) is 0 Å². The Hall–Kier alpha value is -1.67. The second-order valence-electron chi connectivity index (χ2n) is 3.36. The summed E-state index contributed by atoms with van der Waals surface area (Å²) < 4.78 is 5.55. The average molecular weight is 317 g/mol. The number of aromatic nitrogens is 1. The summed E-state index contributed by atoms with van der Waals surface area (Å²) in [6.45, 7) is 0.268. The molecule has 18 heavy (non-hydrogen) atoms. The van der Waals surface area contributed by atoms with E-state index in [4.69, 9.17) is 16.2 Å². The van der Waals surface area contributed by atoms with Crippen molar-refractivity contribution < 1.29 is 14.3 Å². The first-order valence-corrected chi connectivity index (χ1v) is 5.85. The second-order valence-corrected chi connectivity index (χ2v) is 4.28. The van der Waals surface area contributed by atoms with Crippen LogP contribution in [0.3, 0.4) is 0 Å². The number of nitrogen functional groups attached to an aromatic ring is 1. The Labute approximate surface area is 112 Å². The molecule has 7 nitrogen and oxygen atoms in total. The molecule has 8 heteroatoms. The minimum atomic E-state index is -0.554. The third kappa shape index (κ3) is 4.68. The Bertz CT molecular complexity index is 453. The lowest BCUT2D eigenvalue weighted by Crippen LogP contribution is -2.29. The van der Waals surface area contributed by atoms with Crippen LogP contribution in [0.5, 0.6) is 0 Å². The summed E-state index contributed by atoms with van der Waals surface area (Å²) in [6, 6.07) is 1.57. The fourth-order valence-corrected chi connectivity index (χ4v) is 1.47. The molecule has 0 aliphatic heterocycles. The first-order chi connectivity index (χ1) is 8.50. The first-order valence-electron chi connectivity index (χ1n) is 5.06. The predicted molar refractivity (Wildman–Crippen MR) is 68.7 cm³/mol. The maximum Gasteiger partial charge on any atom is 0.255 e. The van der Waals surface area contributed by atoms with Crippen molar-refractivity contribution in [2.75, 3.05) is 25.5 Å². The number of ether oxygens (including phenoxy) is 1. The van der Waals surface area contributed by atoms with Crippen molar-refractivity contribution in [3.05, 3.63) is 22.3 Å². The third-order valence-electron chi connectivity index (χ3n) is 1.91. The summed E-state index contributed by atoms with van der Waals surface area (Å²) in [5.74, 6) is -0.764. The lowest BCUT2D eigenvalue weighted by molar-refractivity contribution is -0.122. The first kappa shape index (κ1) is 14.4. The highest BCUT2D eigenvalue weighted by Gasteiger charge is 2.10. The van der Waals surface area contributed by atoms with Crippen molar-refractivity contribution in [2.45, 2.75) is 0 Å². The Kier molecular flexibility index (Phi) is 5.53. The van der Waals surface area contributed by atoms with E-state index in [9.17, 15) is 9.59 Å². The Morgan fingerprint density at radius 3 is 2.89 bits per heavy atom. The summed E-state index contributed by atoms with van der Waals surface area (Å²) in [7, 11) is 0. The number of hydrogen-bond acceptors (Lipinski definition) is 5. The zero-order valence-electron chi connectivity index (χ0n) is 9.48. The molecule has 0 aliphatic rings. The van der Waals surface area contributed by atoms with Crippen LogP contribution < -0.4 is 16.8 Å². The SMILES string of the molecule is NC(=O)COCCNC(=O)c1cc(Br)cnc1N. The van der Waals surface area contributed by atoms with Crippen molar-refractivity contribution in [3.8, 4) is 0 Å². The minimum Gasteiger partial charge on any atom is -0.383 e. The summed E-state index contributed by atoms with van der Waals surface area (Å²) in [5.41, 5.74) is 10.7. The lowest BCUT2D eigenvalue weighted by Gasteiger charge is -2.07. The normalized spacial score (nSPS) is 10.1. The zero-order valence-corrected chi connectivity index (χ0v) is 11.1. The van der Waals surface area contributed by atoms with Gasteiger partial charge in [0.15, 0.2) is 0 Å². The molecule has 98 valence electrons. The van der Waals surface area contributed by atoms with Gasteiger partial charge in [0, 0.05) is 17.2 Å². The standard InChI is InChI=1S/C10H13BrN4O3/c11-6-3-7(9(13)15-4-6)10(17)14-1-2-18-5-8(12)16/h3-4H,1-2,5H2,(H2,12,16)(H2,13,15)(H,14,17). The summed E-state index contributed by atoms with van der Waals surface area (Å²) >= 11 is 3.20. The van der Waals surface area contributed by atoms with Crippen LogP contribution in [-0.2, 0) is 9.53 Å². The van der Waals surface area contributed by atoms with Crippen LogP contribution >= 0.6 is 15.9 Å². The highest BCUT2D eigenvalue weighted by molar-refractivity contribution is 9.10. The van der Waals surface area contributed by atoms with E-state index in [1.165, 1.54) is 6.20 Å². The van der Waals surface area contributed by atoms with Crippen LogP contribution in [0.25, 0.3) is 0 Å². The van der Waals surface area contributed by atoms with Gasteiger partial charge in [-0.1, -0.05) is 0 Å². The highest BCUT2D eigenvalue weighted by Crippen LogP contribution is 2.15. The van der Waals surface area contributed by atoms with Crippen molar-refractivity contribution in [2.24, 2.45) is 5.73 Å². The van der Waals surface area contributed by atoms with Crippen LogP contribution in [-0.4, -0.2) is 36.6 Å². The molecule has 2 amide bonds. The van der Waals surface area contributed by atoms with Gasteiger partial charge in [0.1, 0.15) is 12.4 Å². The smallest absolute Gasteiger partial charge is 0.255 e. The van der Waals surface area contributed by atoms with Gasteiger partial charge in [-0.25, -0.2) is 4.98 Å². The fraction of sp³-hybridized carbons (Fsp3) is 0.300. The van der Waals surface area contributed by atoms with E-state index in [0.29, 0.717) is 4.47 Å². The van der Waals surface area contributed by atoms with Crippen LogP contribution in [0, 0.1) is 0 Å². The number of primary amides is 1. The van der Waals surface area contributed by atoms with Gasteiger partial charge in [0.2, 0.25) is 5.91 Å². The van der Waals surface area contributed by atoms with Crippen molar-refractivity contribution >= 4 is 33.6 Å². The van der Waals surface area contributed by atoms with Crippen LogP contribution in [0.1, 0.15) is 10.4 Å². The van der Waals surface area contributed by atoms with Gasteiger partial charge in [-0.15, -0.1) is 0 Å². The molecule has 0 atom stereocenters. The number of carbonyl (C=O) groups is 2. The van der Waals surface area contributed by atoms with E-state index >= 15 is 0 Å². The quantitative estimate of drug-likeness (QED) is 0.620. The number of nitrogens with two attached hydrogens (primary N) is 2. The molecule has 1 heterocycles. The lowest BCUT2D eigenvalue weighted by atomic mass is 10.2. The Morgan fingerprint density at radius 1 is 1.50 bits per heavy atom. The minimum absolute atomic E-state index is 0.147. The topological polar surface area (TPSA) is 120 Å². The monoisotopic (exact) mass is 316 g/mol. The van der Waals surface area contributed by atoms with Crippen molar-refractivity contribution in [3.63, 3.8) is 0 Å². The number of halogens is 1. The molecular formula is C10H13BrN4O3. The number of rotatable bonds is 6. The highest BCUT2D eigenvalue weighted by atomic mass is 79.9. The van der Waals surface area contributed by atoms with E-state index in [-0.39, 0.29) is 37.0 Å². The second kappa shape index (κ2) is 6.92. The predicted octanol–water partition coefficient (Wildman–Crippen LogP) is -0.342. The van der Waals surface area contributed by atoms with E-state index in [1.54, 1.807) is 6.07 Å². The number of nitrogens with one attached hydrogen (secondary N) is 1. The summed E-state index contributed by atoms with van der Waals surface area (Å²) in [6.07, 6.45) is 1.50. The largest absolute Gasteiger partial charge is 0.383 e. The van der Waals surface area contributed by atoms with Crippen LogP contribution in [0.4, 0.5) is 5.82 Å². The Morgan fingerprint density at radius 2 is 2.22 bits per heavy atom. The summed E-state index contributed by atoms with van der Waals surface area (Å²) in [4.78, 5) is 25.9. The van der Waals surface area contributed by atoms with E-state index < -0.39 is 5.91 Å². The zero-order chi connectivity index (χ0) is 13.5. The molecular weight excluding hydrogens is 304 g/mol. The van der Waals surface area contributed by atoms with Gasteiger partial charge >= 0.3 is 0 Å². The maximum absolute atomic E-state index is 11.7. The number of carbonyl (C=O) groups excluding carboxylic acids is 2. The molecule has 0 aromatic carbocycles. The average Bonchev–Trinajstić information content (AvgIpc) is 2.31. The molecule has 0 radical (unpaired) electrons.